The molecular weight excluding hydrogens is 492 g/mol. The number of amides is 2. The molecule has 0 aliphatic carbocycles. The van der Waals surface area contributed by atoms with Crippen molar-refractivity contribution in [1.82, 2.24) is 25.1 Å². The fourth-order valence-electron chi connectivity index (χ4n) is 4.71. The number of carbonyl (C=O) groups excluding carboxylic acids is 2. The molecule has 0 saturated carbocycles. The minimum absolute atomic E-state index is 0.0719. The highest BCUT2D eigenvalue weighted by Crippen LogP contribution is 2.33. The van der Waals surface area contributed by atoms with Gasteiger partial charge in [0, 0.05) is 62.5 Å². The molecule has 39 heavy (non-hydrogen) atoms. The topological polar surface area (TPSA) is 99.7 Å². The maximum absolute atomic E-state index is 12.9. The van der Waals surface area contributed by atoms with E-state index in [0.717, 1.165) is 48.8 Å². The number of benzene rings is 2. The van der Waals surface area contributed by atoms with Crippen molar-refractivity contribution in [1.29, 1.82) is 0 Å². The van der Waals surface area contributed by atoms with Crippen LogP contribution in [-0.4, -0.2) is 85.5 Å². The first-order valence-corrected chi connectivity index (χ1v) is 13.3. The van der Waals surface area contributed by atoms with Crippen molar-refractivity contribution in [2.45, 2.75) is 19.8 Å². The van der Waals surface area contributed by atoms with Crippen molar-refractivity contribution in [2.24, 2.45) is 5.92 Å². The molecule has 1 aromatic heterocycles. The van der Waals surface area contributed by atoms with Crippen molar-refractivity contribution in [3.63, 3.8) is 0 Å². The van der Waals surface area contributed by atoms with Crippen LogP contribution in [0.2, 0.25) is 0 Å². The van der Waals surface area contributed by atoms with Crippen LogP contribution >= 0.6 is 0 Å². The number of anilines is 1. The van der Waals surface area contributed by atoms with Crippen LogP contribution in [0.25, 0.3) is 11.3 Å². The van der Waals surface area contributed by atoms with Crippen LogP contribution in [0.15, 0.2) is 54.9 Å². The summed E-state index contributed by atoms with van der Waals surface area (Å²) in [5, 5.41) is 6.08. The summed E-state index contributed by atoms with van der Waals surface area (Å²) < 4.78 is 5.59. The first kappa shape index (κ1) is 28.0. The van der Waals surface area contributed by atoms with Gasteiger partial charge in [0.25, 0.3) is 11.8 Å². The van der Waals surface area contributed by atoms with Gasteiger partial charge in [-0.1, -0.05) is 32.0 Å². The standard InChI is InChI=1S/C30H38N6O3/c1-20(21(2)25-11-10-24(29(37)31-3)16-27(25)39-5)18-32-28-17-26(33-19-34-28)22-6-8-23(9-7-22)30(38)36-14-12-35(4)13-15-36/h6-11,16-17,19-21H,12-15,18H2,1-5H3,(H,31,37)(H,32,33,34)/t20-,21?/m1/s1. The Bertz CT molecular complexity index is 1290. The van der Waals surface area contributed by atoms with Gasteiger partial charge in [-0.15, -0.1) is 0 Å². The molecule has 9 nitrogen and oxygen atoms in total. The molecule has 206 valence electrons. The zero-order valence-electron chi connectivity index (χ0n) is 23.4. The van der Waals surface area contributed by atoms with Crippen LogP contribution in [-0.2, 0) is 0 Å². The number of rotatable bonds is 9. The van der Waals surface area contributed by atoms with Crippen molar-refractivity contribution in [2.75, 3.05) is 59.2 Å². The summed E-state index contributed by atoms with van der Waals surface area (Å²) in [6.07, 6.45) is 1.55. The first-order valence-electron chi connectivity index (χ1n) is 13.3. The van der Waals surface area contributed by atoms with E-state index in [1.54, 1.807) is 26.6 Å². The van der Waals surface area contributed by atoms with Crippen LogP contribution in [0.4, 0.5) is 5.82 Å². The van der Waals surface area contributed by atoms with E-state index in [1.165, 1.54) is 0 Å². The lowest BCUT2D eigenvalue weighted by Gasteiger charge is -2.32. The van der Waals surface area contributed by atoms with Gasteiger partial charge < -0.3 is 25.2 Å². The number of likely N-dealkylation sites (N-methyl/N-ethyl adjacent to an activating group) is 1. The molecule has 2 aromatic carbocycles. The normalized spacial score (nSPS) is 15.4. The number of ether oxygens (including phenoxy) is 1. The Morgan fingerprint density at radius 3 is 2.33 bits per heavy atom. The Morgan fingerprint density at radius 1 is 0.974 bits per heavy atom. The number of hydrogen-bond donors (Lipinski definition) is 2. The highest BCUT2D eigenvalue weighted by molar-refractivity contribution is 5.95. The summed E-state index contributed by atoms with van der Waals surface area (Å²) in [4.78, 5) is 37.9. The summed E-state index contributed by atoms with van der Waals surface area (Å²) in [7, 11) is 5.32. The number of nitrogens with zero attached hydrogens (tertiary/aromatic N) is 4. The smallest absolute Gasteiger partial charge is 0.253 e. The number of piperazine rings is 1. The Balaban J connectivity index is 1.39. The zero-order valence-corrected chi connectivity index (χ0v) is 23.4. The molecule has 2 N–H and O–H groups in total. The van der Waals surface area contributed by atoms with Crippen molar-refractivity contribution >= 4 is 17.6 Å². The van der Waals surface area contributed by atoms with Gasteiger partial charge >= 0.3 is 0 Å². The van der Waals surface area contributed by atoms with Gasteiger partial charge in [0.1, 0.15) is 17.9 Å². The molecule has 4 rings (SSSR count). The summed E-state index contributed by atoms with van der Waals surface area (Å²) in [5.74, 6) is 1.80. The number of nitrogens with one attached hydrogen (secondary N) is 2. The largest absolute Gasteiger partial charge is 0.496 e. The van der Waals surface area contributed by atoms with E-state index in [2.05, 4.69) is 46.4 Å². The van der Waals surface area contributed by atoms with E-state index in [9.17, 15) is 9.59 Å². The Morgan fingerprint density at radius 2 is 1.67 bits per heavy atom. The predicted octanol–water partition coefficient (Wildman–Crippen LogP) is 3.75. The van der Waals surface area contributed by atoms with E-state index in [1.807, 2.05) is 47.4 Å². The molecule has 1 aliphatic rings. The molecule has 0 spiro atoms. The fraction of sp³-hybridized carbons (Fsp3) is 0.400. The Hall–Kier alpha value is -3.98. The lowest BCUT2D eigenvalue weighted by Crippen LogP contribution is -2.47. The molecule has 0 bridgehead atoms. The molecular formula is C30H38N6O3. The number of aromatic nitrogens is 2. The van der Waals surface area contributed by atoms with Gasteiger partial charge in [0.05, 0.1) is 12.8 Å². The highest BCUT2D eigenvalue weighted by Gasteiger charge is 2.21. The third-order valence-corrected chi connectivity index (χ3v) is 7.56. The second-order valence-electron chi connectivity index (χ2n) is 10.1. The third-order valence-electron chi connectivity index (χ3n) is 7.56. The quantitative estimate of drug-likeness (QED) is 0.435. The minimum atomic E-state index is -0.141. The SMILES string of the molecule is CNC(=O)c1ccc(C(C)[C@H](C)CNc2cc(-c3ccc(C(=O)N4CCN(C)CC4)cc3)ncn2)c(OC)c1. The maximum Gasteiger partial charge on any atom is 0.253 e. The third kappa shape index (κ3) is 6.72. The van der Waals surface area contributed by atoms with Crippen molar-refractivity contribution in [3.8, 4) is 17.0 Å². The van der Waals surface area contributed by atoms with Crippen LogP contribution in [0.5, 0.6) is 5.75 Å². The number of methoxy groups -OCH3 is 1. The van der Waals surface area contributed by atoms with E-state index in [-0.39, 0.29) is 23.7 Å². The lowest BCUT2D eigenvalue weighted by molar-refractivity contribution is 0.0664. The van der Waals surface area contributed by atoms with Crippen LogP contribution in [0.1, 0.15) is 46.0 Å². The summed E-state index contributed by atoms with van der Waals surface area (Å²) in [6, 6.07) is 15.1. The molecule has 1 saturated heterocycles. The molecule has 1 unspecified atom stereocenters. The molecule has 2 atom stereocenters. The summed E-state index contributed by atoms with van der Waals surface area (Å²) in [5.41, 5.74) is 4.03. The van der Waals surface area contributed by atoms with Gasteiger partial charge in [0.15, 0.2) is 0 Å². The Labute approximate surface area is 230 Å². The second-order valence-corrected chi connectivity index (χ2v) is 10.1. The number of hydrogen-bond acceptors (Lipinski definition) is 7. The predicted molar refractivity (Wildman–Crippen MR) is 153 cm³/mol. The monoisotopic (exact) mass is 530 g/mol. The number of carbonyl (C=O) groups is 2. The van der Waals surface area contributed by atoms with Crippen LogP contribution in [0.3, 0.4) is 0 Å². The van der Waals surface area contributed by atoms with Gasteiger partial charge in [0.2, 0.25) is 0 Å². The first-order chi connectivity index (χ1) is 18.8. The van der Waals surface area contributed by atoms with Gasteiger partial charge in [-0.25, -0.2) is 9.97 Å². The maximum atomic E-state index is 12.9. The molecule has 3 aromatic rings. The van der Waals surface area contributed by atoms with Crippen LogP contribution in [0, 0.1) is 5.92 Å². The summed E-state index contributed by atoms with van der Waals surface area (Å²) >= 11 is 0. The molecule has 0 radical (unpaired) electrons. The Kier molecular flexibility index (Phi) is 9.14. The van der Waals surface area contributed by atoms with E-state index in [0.29, 0.717) is 23.4 Å². The average Bonchev–Trinajstić information content (AvgIpc) is 2.99. The zero-order chi connectivity index (χ0) is 27.9. The average molecular weight is 531 g/mol. The molecule has 2 amide bonds. The van der Waals surface area contributed by atoms with Gasteiger partial charge in [-0.2, -0.15) is 0 Å². The second kappa shape index (κ2) is 12.7. The van der Waals surface area contributed by atoms with Gasteiger partial charge in [-0.3, -0.25) is 9.59 Å². The molecule has 1 aliphatic heterocycles. The van der Waals surface area contributed by atoms with Gasteiger partial charge in [-0.05, 0) is 48.7 Å². The van der Waals surface area contributed by atoms with E-state index in [4.69, 9.17) is 4.74 Å². The molecule has 1 fully saturated rings. The lowest BCUT2D eigenvalue weighted by atomic mass is 9.87. The molecule has 2 heterocycles. The fourth-order valence-corrected chi connectivity index (χ4v) is 4.71. The van der Waals surface area contributed by atoms with Crippen molar-refractivity contribution < 1.29 is 14.3 Å². The molecule has 9 heteroatoms. The van der Waals surface area contributed by atoms with E-state index < -0.39 is 0 Å². The van der Waals surface area contributed by atoms with Crippen molar-refractivity contribution in [3.05, 3.63) is 71.5 Å². The highest BCUT2D eigenvalue weighted by atomic mass is 16.5. The van der Waals surface area contributed by atoms with Crippen LogP contribution < -0.4 is 15.4 Å². The van der Waals surface area contributed by atoms with E-state index >= 15 is 0 Å². The summed E-state index contributed by atoms with van der Waals surface area (Å²) in [6.45, 7) is 8.32. The minimum Gasteiger partial charge on any atom is -0.496 e.